The third-order valence-corrected chi connectivity index (χ3v) is 3.56. The summed E-state index contributed by atoms with van der Waals surface area (Å²) in [4.78, 5) is 12.3. The fourth-order valence-electron chi connectivity index (χ4n) is 2.42. The maximum atomic E-state index is 12.3. The number of hydrogen-bond donors (Lipinski definition) is 0. The van der Waals surface area contributed by atoms with Gasteiger partial charge in [0, 0.05) is 0 Å². The van der Waals surface area contributed by atoms with Gasteiger partial charge in [0.25, 0.3) is 0 Å². The van der Waals surface area contributed by atoms with Gasteiger partial charge in [0.1, 0.15) is 24.7 Å². The predicted molar refractivity (Wildman–Crippen MR) is 88.9 cm³/mol. The van der Waals surface area contributed by atoms with Crippen LogP contribution < -0.4 is 10.4 Å². The van der Waals surface area contributed by atoms with Crippen molar-refractivity contribution in [1.29, 1.82) is 5.26 Å². The fraction of sp³-hybridized carbons (Fsp3) is 0.167. The summed E-state index contributed by atoms with van der Waals surface area (Å²) < 4.78 is 8.35. The number of rotatable bonds is 5. The average molecular weight is 320 g/mol. The molecule has 6 heteroatoms. The first kappa shape index (κ1) is 15.6. The van der Waals surface area contributed by atoms with Crippen LogP contribution in [-0.4, -0.2) is 14.3 Å². The van der Waals surface area contributed by atoms with Crippen molar-refractivity contribution in [2.75, 3.05) is 0 Å². The molecule has 0 spiro atoms. The Hall–Kier alpha value is -3.33. The molecule has 0 saturated carbocycles. The molecule has 0 atom stereocenters. The lowest BCUT2D eigenvalue weighted by Crippen LogP contribution is -2.23. The number of ether oxygens (including phenoxy) is 1. The summed E-state index contributed by atoms with van der Waals surface area (Å²) in [5.74, 6) is 1.26. The molecule has 0 amide bonds. The summed E-state index contributed by atoms with van der Waals surface area (Å²) in [6.45, 7) is 2.15. The van der Waals surface area contributed by atoms with Gasteiger partial charge in [-0.25, -0.2) is 9.36 Å². The maximum Gasteiger partial charge on any atom is 0.351 e. The van der Waals surface area contributed by atoms with Crippen molar-refractivity contribution < 1.29 is 4.74 Å². The van der Waals surface area contributed by atoms with Gasteiger partial charge in [-0.05, 0) is 36.8 Å². The van der Waals surface area contributed by atoms with Crippen LogP contribution in [0.5, 0.6) is 5.75 Å². The number of aromatic nitrogens is 3. The highest BCUT2D eigenvalue weighted by Crippen LogP contribution is 2.16. The summed E-state index contributed by atoms with van der Waals surface area (Å²) in [7, 11) is 0. The van der Waals surface area contributed by atoms with Crippen molar-refractivity contribution >= 4 is 0 Å². The highest BCUT2D eigenvalue weighted by atomic mass is 16.5. The Morgan fingerprint density at radius 2 is 1.83 bits per heavy atom. The van der Waals surface area contributed by atoms with Crippen LogP contribution in [0.2, 0.25) is 0 Å². The second-order valence-electron chi connectivity index (χ2n) is 5.25. The van der Waals surface area contributed by atoms with E-state index in [1.165, 1.54) is 4.57 Å². The first-order valence-electron chi connectivity index (χ1n) is 7.49. The number of aryl methyl sites for hydroxylation is 1. The number of hydrogen-bond acceptors (Lipinski definition) is 4. The molecule has 3 aromatic rings. The Balaban J connectivity index is 1.78. The minimum Gasteiger partial charge on any atom is -0.489 e. The second kappa shape index (κ2) is 6.84. The molecule has 0 aliphatic carbocycles. The van der Waals surface area contributed by atoms with E-state index in [0.29, 0.717) is 18.1 Å². The van der Waals surface area contributed by atoms with Gasteiger partial charge >= 0.3 is 5.69 Å². The monoisotopic (exact) mass is 320 g/mol. The van der Waals surface area contributed by atoms with Crippen molar-refractivity contribution in [2.24, 2.45) is 0 Å². The normalized spacial score (nSPS) is 10.3. The van der Waals surface area contributed by atoms with Crippen LogP contribution >= 0.6 is 0 Å². The Labute approximate surface area is 139 Å². The molecule has 0 radical (unpaired) electrons. The highest BCUT2D eigenvalue weighted by molar-refractivity contribution is 5.38. The lowest BCUT2D eigenvalue weighted by molar-refractivity contribution is 0.306. The molecule has 3 rings (SSSR count). The number of benzene rings is 2. The molecule has 0 bridgehead atoms. The van der Waals surface area contributed by atoms with Gasteiger partial charge in [0.15, 0.2) is 0 Å². The van der Waals surface area contributed by atoms with Crippen molar-refractivity contribution in [2.45, 2.75) is 20.1 Å². The standard InChI is InChI=1S/C18H16N4O2/c1-14-20-21(12-11-19)18(23)22(14)16-7-9-17(10-8-16)24-13-15-5-3-2-4-6-15/h2-10H,12-13H2,1H3. The lowest BCUT2D eigenvalue weighted by atomic mass is 10.2. The molecule has 0 N–H and O–H groups in total. The molecular weight excluding hydrogens is 304 g/mol. The quantitative estimate of drug-likeness (QED) is 0.724. The molecule has 24 heavy (non-hydrogen) atoms. The van der Waals surface area contributed by atoms with Crippen LogP contribution in [0.3, 0.4) is 0 Å². The SMILES string of the molecule is Cc1nn(CC#N)c(=O)n1-c1ccc(OCc2ccccc2)cc1. The van der Waals surface area contributed by atoms with E-state index in [9.17, 15) is 4.79 Å². The largest absolute Gasteiger partial charge is 0.489 e. The van der Waals surface area contributed by atoms with E-state index in [0.717, 1.165) is 16.0 Å². The minimum absolute atomic E-state index is 0.0645. The number of nitrogens with zero attached hydrogens (tertiary/aromatic N) is 4. The van der Waals surface area contributed by atoms with E-state index in [1.807, 2.05) is 48.5 Å². The summed E-state index contributed by atoms with van der Waals surface area (Å²) in [5.41, 5.74) is 1.45. The van der Waals surface area contributed by atoms with Crippen molar-refractivity contribution in [3.05, 3.63) is 76.5 Å². The van der Waals surface area contributed by atoms with Gasteiger partial charge in [-0.3, -0.25) is 0 Å². The van der Waals surface area contributed by atoms with E-state index in [1.54, 1.807) is 19.1 Å². The lowest BCUT2D eigenvalue weighted by Gasteiger charge is -2.08. The van der Waals surface area contributed by atoms with E-state index in [-0.39, 0.29) is 12.2 Å². The third-order valence-electron chi connectivity index (χ3n) is 3.56. The summed E-state index contributed by atoms with van der Waals surface area (Å²) >= 11 is 0. The predicted octanol–water partition coefficient (Wildman–Crippen LogP) is 2.45. The zero-order valence-electron chi connectivity index (χ0n) is 13.2. The zero-order valence-corrected chi connectivity index (χ0v) is 13.2. The fourth-order valence-corrected chi connectivity index (χ4v) is 2.42. The minimum atomic E-state index is -0.327. The van der Waals surface area contributed by atoms with Gasteiger partial charge in [-0.2, -0.15) is 15.0 Å². The topological polar surface area (TPSA) is 72.8 Å². The Morgan fingerprint density at radius 3 is 2.50 bits per heavy atom. The summed E-state index contributed by atoms with van der Waals surface area (Å²) in [5, 5.41) is 12.8. The van der Waals surface area contributed by atoms with Gasteiger partial charge in [-0.1, -0.05) is 30.3 Å². The smallest absolute Gasteiger partial charge is 0.351 e. The number of nitriles is 1. The van der Waals surface area contributed by atoms with Crippen LogP contribution in [-0.2, 0) is 13.2 Å². The van der Waals surface area contributed by atoms with Crippen molar-refractivity contribution in [3.8, 4) is 17.5 Å². The molecular formula is C18H16N4O2. The van der Waals surface area contributed by atoms with Crippen LogP contribution in [0.1, 0.15) is 11.4 Å². The average Bonchev–Trinajstić information content (AvgIpc) is 2.89. The van der Waals surface area contributed by atoms with Crippen LogP contribution in [0.25, 0.3) is 5.69 Å². The molecule has 0 aliphatic rings. The van der Waals surface area contributed by atoms with E-state index >= 15 is 0 Å². The molecule has 0 aliphatic heterocycles. The van der Waals surface area contributed by atoms with Crippen LogP contribution in [0.4, 0.5) is 0 Å². The van der Waals surface area contributed by atoms with Gasteiger partial charge in [-0.15, -0.1) is 0 Å². The first-order chi connectivity index (χ1) is 11.7. The Morgan fingerprint density at radius 1 is 1.12 bits per heavy atom. The van der Waals surface area contributed by atoms with E-state index in [2.05, 4.69) is 5.10 Å². The molecule has 0 saturated heterocycles. The maximum absolute atomic E-state index is 12.3. The molecule has 120 valence electrons. The third kappa shape index (κ3) is 3.20. The van der Waals surface area contributed by atoms with Crippen molar-refractivity contribution in [3.63, 3.8) is 0 Å². The Kier molecular flexibility index (Phi) is 4.43. The molecule has 1 heterocycles. The van der Waals surface area contributed by atoms with Gasteiger partial charge in [0.05, 0.1) is 11.8 Å². The molecule has 1 aromatic heterocycles. The van der Waals surface area contributed by atoms with Crippen LogP contribution in [0.15, 0.2) is 59.4 Å². The zero-order chi connectivity index (χ0) is 16.9. The van der Waals surface area contributed by atoms with Gasteiger partial charge in [0.2, 0.25) is 0 Å². The Bertz CT molecular complexity index is 918. The molecule has 2 aromatic carbocycles. The summed E-state index contributed by atoms with van der Waals surface area (Å²) in [6, 6.07) is 19.0. The van der Waals surface area contributed by atoms with Crippen LogP contribution in [0, 0.1) is 18.3 Å². The van der Waals surface area contributed by atoms with Crippen molar-refractivity contribution in [1.82, 2.24) is 14.3 Å². The van der Waals surface area contributed by atoms with Gasteiger partial charge < -0.3 is 4.74 Å². The first-order valence-corrected chi connectivity index (χ1v) is 7.49. The molecule has 0 fully saturated rings. The van der Waals surface area contributed by atoms with E-state index < -0.39 is 0 Å². The molecule has 0 unspecified atom stereocenters. The van der Waals surface area contributed by atoms with E-state index in [4.69, 9.17) is 10.00 Å². The second-order valence-corrected chi connectivity index (χ2v) is 5.25. The highest BCUT2D eigenvalue weighted by Gasteiger charge is 2.11. The molecule has 6 nitrogen and oxygen atoms in total. The summed E-state index contributed by atoms with van der Waals surface area (Å²) in [6.07, 6.45) is 0.